The number of rotatable bonds is 11. The molecule has 0 saturated heterocycles. The van der Waals surface area contributed by atoms with E-state index in [1.165, 1.54) is 11.8 Å². The maximum absolute atomic E-state index is 12.5. The number of nitrogens with zero attached hydrogens (tertiary/aromatic N) is 3. The molecule has 0 aliphatic carbocycles. The minimum absolute atomic E-state index is 0.0679. The lowest BCUT2D eigenvalue weighted by atomic mass is 10.1. The Morgan fingerprint density at radius 2 is 2.00 bits per heavy atom. The van der Waals surface area contributed by atoms with Gasteiger partial charge in [-0.2, -0.15) is 0 Å². The number of anilines is 1. The number of amides is 1. The highest BCUT2D eigenvalue weighted by molar-refractivity contribution is 9.10. The Balaban J connectivity index is 1.54. The van der Waals surface area contributed by atoms with Gasteiger partial charge >= 0.3 is 0 Å². The summed E-state index contributed by atoms with van der Waals surface area (Å²) >= 11 is 4.85. The van der Waals surface area contributed by atoms with Crippen molar-refractivity contribution in [1.82, 2.24) is 14.8 Å². The van der Waals surface area contributed by atoms with Gasteiger partial charge in [-0.3, -0.25) is 4.79 Å². The van der Waals surface area contributed by atoms with Crippen LogP contribution in [0, 0.1) is 20.8 Å². The lowest BCUT2D eigenvalue weighted by molar-refractivity contribution is -0.113. The third kappa shape index (κ3) is 7.20. The highest BCUT2D eigenvalue weighted by Crippen LogP contribution is 2.23. The van der Waals surface area contributed by atoms with Crippen LogP contribution in [0.15, 0.2) is 58.7 Å². The SMILES string of the molecule is C=CCn1c(CCCOc2ccc(Br)cc2C)nnc1SCC(=O)Nc1cc(C)ccc1C. The second kappa shape index (κ2) is 12.0. The Bertz CT molecular complexity index is 1130. The van der Waals surface area contributed by atoms with Crippen LogP contribution in [-0.4, -0.2) is 33.0 Å². The Kier molecular flexibility index (Phi) is 9.14. The monoisotopic (exact) mass is 528 g/mol. The van der Waals surface area contributed by atoms with E-state index in [4.69, 9.17) is 4.74 Å². The van der Waals surface area contributed by atoms with Gasteiger partial charge in [-0.15, -0.1) is 16.8 Å². The zero-order valence-corrected chi connectivity index (χ0v) is 21.6. The number of hydrogen-bond donors (Lipinski definition) is 1. The van der Waals surface area contributed by atoms with Gasteiger partial charge in [0.2, 0.25) is 5.91 Å². The minimum atomic E-state index is -0.0679. The maximum atomic E-state index is 12.5. The number of aromatic nitrogens is 3. The fourth-order valence-electron chi connectivity index (χ4n) is 3.30. The Labute approximate surface area is 208 Å². The van der Waals surface area contributed by atoms with Crippen molar-refractivity contribution in [2.75, 3.05) is 17.7 Å². The first kappa shape index (κ1) is 25.1. The molecule has 3 aromatic rings. The molecule has 2 aromatic carbocycles. The molecule has 0 saturated carbocycles. The van der Waals surface area contributed by atoms with Crippen LogP contribution in [0.3, 0.4) is 0 Å². The molecule has 0 bridgehead atoms. The Hall–Kier alpha value is -2.58. The third-order valence-corrected chi connectivity index (χ3v) is 6.50. The fraction of sp³-hybridized carbons (Fsp3) is 0.320. The van der Waals surface area contributed by atoms with E-state index in [-0.39, 0.29) is 11.7 Å². The predicted octanol–water partition coefficient (Wildman–Crippen LogP) is 5.89. The van der Waals surface area contributed by atoms with E-state index in [0.29, 0.717) is 18.3 Å². The first-order valence-electron chi connectivity index (χ1n) is 10.8. The van der Waals surface area contributed by atoms with Crippen LogP contribution in [0.1, 0.15) is 28.9 Å². The summed E-state index contributed by atoms with van der Waals surface area (Å²) in [7, 11) is 0. The van der Waals surface area contributed by atoms with Crippen LogP contribution in [-0.2, 0) is 17.8 Å². The van der Waals surface area contributed by atoms with Gasteiger partial charge in [-0.25, -0.2) is 0 Å². The number of ether oxygens (including phenoxy) is 1. The van der Waals surface area contributed by atoms with Crippen LogP contribution in [0.4, 0.5) is 5.69 Å². The molecule has 1 amide bonds. The van der Waals surface area contributed by atoms with Crippen LogP contribution in [0.5, 0.6) is 5.75 Å². The van der Waals surface area contributed by atoms with E-state index in [2.05, 4.69) is 38.0 Å². The largest absolute Gasteiger partial charge is 0.493 e. The van der Waals surface area contributed by atoms with Gasteiger partial charge in [0.1, 0.15) is 11.6 Å². The topological polar surface area (TPSA) is 69.0 Å². The summed E-state index contributed by atoms with van der Waals surface area (Å²) in [5.41, 5.74) is 4.08. The summed E-state index contributed by atoms with van der Waals surface area (Å²) in [6.07, 6.45) is 3.35. The molecule has 1 heterocycles. The fourth-order valence-corrected chi connectivity index (χ4v) is 4.54. The summed E-state index contributed by atoms with van der Waals surface area (Å²) in [6, 6.07) is 12.0. The van der Waals surface area contributed by atoms with Crippen LogP contribution >= 0.6 is 27.7 Å². The second-order valence-corrected chi connectivity index (χ2v) is 9.67. The molecule has 0 aliphatic rings. The molecular formula is C25H29BrN4O2S. The third-order valence-electron chi connectivity index (χ3n) is 5.04. The summed E-state index contributed by atoms with van der Waals surface area (Å²) in [4.78, 5) is 12.5. The van der Waals surface area contributed by atoms with Crippen LogP contribution in [0.2, 0.25) is 0 Å². The van der Waals surface area contributed by atoms with E-state index in [9.17, 15) is 4.79 Å². The summed E-state index contributed by atoms with van der Waals surface area (Å²) in [5.74, 6) is 1.94. The van der Waals surface area contributed by atoms with Crippen molar-refractivity contribution < 1.29 is 9.53 Å². The summed E-state index contributed by atoms with van der Waals surface area (Å²) in [6.45, 7) is 11.0. The molecule has 0 radical (unpaired) electrons. The van der Waals surface area contributed by atoms with Gasteiger partial charge in [0, 0.05) is 23.1 Å². The molecule has 6 nitrogen and oxygen atoms in total. The quantitative estimate of drug-likeness (QED) is 0.191. The molecule has 0 aliphatic heterocycles. The highest BCUT2D eigenvalue weighted by atomic mass is 79.9. The molecule has 33 heavy (non-hydrogen) atoms. The van der Waals surface area contributed by atoms with Crippen molar-refractivity contribution in [3.8, 4) is 5.75 Å². The van der Waals surface area contributed by atoms with E-state index < -0.39 is 0 Å². The molecule has 0 spiro atoms. The number of carbonyl (C=O) groups excluding carboxylic acids is 1. The van der Waals surface area contributed by atoms with Crippen molar-refractivity contribution in [2.45, 2.75) is 45.3 Å². The lowest BCUT2D eigenvalue weighted by Gasteiger charge is -2.11. The number of nitrogens with one attached hydrogen (secondary N) is 1. The lowest BCUT2D eigenvalue weighted by Crippen LogP contribution is -2.15. The zero-order valence-electron chi connectivity index (χ0n) is 19.2. The summed E-state index contributed by atoms with van der Waals surface area (Å²) in [5, 5.41) is 12.4. The average molecular weight is 530 g/mol. The van der Waals surface area contributed by atoms with Gasteiger partial charge in [0.05, 0.1) is 12.4 Å². The van der Waals surface area contributed by atoms with Crippen molar-refractivity contribution in [2.24, 2.45) is 0 Å². The predicted molar refractivity (Wildman–Crippen MR) is 138 cm³/mol. The van der Waals surface area contributed by atoms with Crippen molar-refractivity contribution >= 4 is 39.3 Å². The van der Waals surface area contributed by atoms with Crippen molar-refractivity contribution in [1.29, 1.82) is 0 Å². The zero-order chi connectivity index (χ0) is 23.8. The minimum Gasteiger partial charge on any atom is -0.493 e. The molecule has 0 atom stereocenters. The van der Waals surface area contributed by atoms with Gasteiger partial charge in [0.25, 0.3) is 0 Å². The molecule has 0 fully saturated rings. The van der Waals surface area contributed by atoms with Crippen molar-refractivity contribution in [3.63, 3.8) is 0 Å². The second-order valence-electron chi connectivity index (χ2n) is 7.82. The highest BCUT2D eigenvalue weighted by Gasteiger charge is 2.14. The number of hydrogen-bond acceptors (Lipinski definition) is 5. The first-order chi connectivity index (χ1) is 15.9. The van der Waals surface area contributed by atoms with Crippen LogP contribution in [0.25, 0.3) is 0 Å². The number of thioether (sulfide) groups is 1. The van der Waals surface area contributed by atoms with Gasteiger partial charge in [-0.05, 0) is 68.1 Å². The molecular weight excluding hydrogens is 500 g/mol. The van der Waals surface area contributed by atoms with Crippen LogP contribution < -0.4 is 10.1 Å². The standard InChI is InChI=1S/C25H29BrN4O2S/c1-5-12-30-23(7-6-13-32-22-11-10-20(26)15-19(22)4)28-29-25(30)33-16-24(31)27-21-14-17(2)8-9-18(21)3/h5,8-11,14-15H,1,6-7,12-13,16H2,2-4H3,(H,27,31). The van der Waals surface area contributed by atoms with Gasteiger partial charge < -0.3 is 14.6 Å². The van der Waals surface area contributed by atoms with E-state index in [1.54, 1.807) is 0 Å². The number of aryl methyl sites for hydroxylation is 4. The Morgan fingerprint density at radius 3 is 2.76 bits per heavy atom. The molecule has 3 rings (SSSR count). The van der Waals surface area contributed by atoms with Gasteiger partial charge in [0.15, 0.2) is 5.16 Å². The van der Waals surface area contributed by atoms with E-state index >= 15 is 0 Å². The molecule has 0 unspecified atom stereocenters. The average Bonchev–Trinajstić information content (AvgIpc) is 3.15. The van der Waals surface area contributed by atoms with Crippen molar-refractivity contribution in [3.05, 3.63) is 76.0 Å². The summed E-state index contributed by atoms with van der Waals surface area (Å²) < 4.78 is 8.96. The smallest absolute Gasteiger partial charge is 0.234 e. The first-order valence-corrected chi connectivity index (χ1v) is 12.6. The molecule has 1 aromatic heterocycles. The molecule has 8 heteroatoms. The van der Waals surface area contributed by atoms with Gasteiger partial charge in [-0.1, -0.05) is 45.9 Å². The number of benzene rings is 2. The number of carbonyl (C=O) groups is 1. The normalized spacial score (nSPS) is 10.8. The number of allylic oxidation sites excluding steroid dienone is 1. The van der Waals surface area contributed by atoms with E-state index in [0.717, 1.165) is 51.3 Å². The Morgan fingerprint density at radius 1 is 1.18 bits per heavy atom. The molecule has 1 N–H and O–H groups in total. The number of halogens is 1. The maximum Gasteiger partial charge on any atom is 0.234 e. The van der Waals surface area contributed by atoms with E-state index in [1.807, 2.05) is 67.8 Å². The molecule has 174 valence electrons.